The molecule has 0 aliphatic rings. The SMILES string of the molecule is Cc1nc(-c2ccc(OCC(C)C)c(C#N)c2)sc1CCC(=O)O. The van der Waals surface area contributed by atoms with Crippen LogP contribution in [0.15, 0.2) is 18.2 Å². The van der Waals surface area contributed by atoms with Crippen LogP contribution in [0.5, 0.6) is 5.75 Å². The Labute approximate surface area is 145 Å². The van der Waals surface area contributed by atoms with Gasteiger partial charge in [-0.25, -0.2) is 4.98 Å². The summed E-state index contributed by atoms with van der Waals surface area (Å²) < 4.78 is 5.67. The van der Waals surface area contributed by atoms with Gasteiger partial charge in [0, 0.05) is 10.4 Å². The van der Waals surface area contributed by atoms with Crippen LogP contribution in [-0.4, -0.2) is 22.7 Å². The second-order valence-corrected chi connectivity index (χ2v) is 7.03. The van der Waals surface area contributed by atoms with Gasteiger partial charge in [0.2, 0.25) is 0 Å². The van der Waals surface area contributed by atoms with Crippen LogP contribution >= 0.6 is 11.3 Å². The number of aryl methyl sites for hydroxylation is 2. The molecule has 1 N–H and O–H groups in total. The van der Waals surface area contributed by atoms with Crippen LogP contribution in [0.25, 0.3) is 10.6 Å². The van der Waals surface area contributed by atoms with Crippen molar-refractivity contribution in [3.8, 4) is 22.4 Å². The molecule has 0 bridgehead atoms. The quantitative estimate of drug-likeness (QED) is 0.819. The van der Waals surface area contributed by atoms with Gasteiger partial charge in [-0.05, 0) is 37.5 Å². The zero-order chi connectivity index (χ0) is 17.7. The molecular formula is C18H20N2O3S. The lowest BCUT2D eigenvalue weighted by atomic mass is 10.1. The van der Waals surface area contributed by atoms with E-state index in [-0.39, 0.29) is 6.42 Å². The predicted molar refractivity (Wildman–Crippen MR) is 93.3 cm³/mol. The van der Waals surface area contributed by atoms with E-state index in [2.05, 4.69) is 24.9 Å². The molecule has 5 nitrogen and oxygen atoms in total. The van der Waals surface area contributed by atoms with E-state index < -0.39 is 5.97 Å². The van der Waals surface area contributed by atoms with Gasteiger partial charge in [-0.1, -0.05) is 13.8 Å². The number of nitriles is 1. The fourth-order valence-electron chi connectivity index (χ4n) is 2.14. The molecule has 1 heterocycles. The Morgan fingerprint density at radius 1 is 1.46 bits per heavy atom. The average molecular weight is 344 g/mol. The summed E-state index contributed by atoms with van der Waals surface area (Å²) in [6.07, 6.45) is 0.563. The van der Waals surface area contributed by atoms with Crippen LogP contribution in [0.3, 0.4) is 0 Å². The zero-order valence-corrected chi connectivity index (χ0v) is 14.8. The summed E-state index contributed by atoms with van der Waals surface area (Å²) in [7, 11) is 0. The van der Waals surface area contributed by atoms with Crippen LogP contribution in [-0.2, 0) is 11.2 Å². The lowest BCUT2D eigenvalue weighted by molar-refractivity contribution is -0.136. The highest BCUT2D eigenvalue weighted by Gasteiger charge is 2.13. The van der Waals surface area contributed by atoms with Crippen molar-refractivity contribution in [1.82, 2.24) is 4.98 Å². The number of carboxylic acid groups (broad SMARTS) is 1. The third-order valence-electron chi connectivity index (χ3n) is 3.38. The Morgan fingerprint density at radius 2 is 2.21 bits per heavy atom. The summed E-state index contributed by atoms with van der Waals surface area (Å²) in [6, 6.07) is 7.62. The van der Waals surface area contributed by atoms with Crippen LogP contribution in [0.2, 0.25) is 0 Å². The minimum atomic E-state index is -0.817. The first-order chi connectivity index (χ1) is 11.4. The van der Waals surface area contributed by atoms with Crippen molar-refractivity contribution in [2.75, 3.05) is 6.61 Å². The Morgan fingerprint density at radius 3 is 2.83 bits per heavy atom. The van der Waals surface area contributed by atoms with Crippen LogP contribution in [0, 0.1) is 24.2 Å². The largest absolute Gasteiger partial charge is 0.492 e. The molecule has 0 unspecified atom stereocenters. The average Bonchev–Trinajstić information content (AvgIpc) is 2.91. The molecule has 0 amide bonds. The number of benzene rings is 1. The lowest BCUT2D eigenvalue weighted by Crippen LogP contribution is -2.05. The minimum Gasteiger partial charge on any atom is -0.492 e. The highest BCUT2D eigenvalue weighted by molar-refractivity contribution is 7.15. The molecule has 2 aromatic rings. The number of carboxylic acids is 1. The molecule has 126 valence electrons. The number of nitrogens with zero attached hydrogens (tertiary/aromatic N) is 2. The fraction of sp³-hybridized carbons (Fsp3) is 0.389. The summed E-state index contributed by atoms with van der Waals surface area (Å²) in [5.41, 5.74) is 2.17. The molecule has 0 saturated heterocycles. The Balaban J connectivity index is 2.25. The van der Waals surface area contributed by atoms with Gasteiger partial charge in [-0.3, -0.25) is 4.79 Å². The Bertz CT molecular complexity index is 775. The number of hydrogen-bond acceptors (Lipinski definition) is 5. The first-order valence-electron chi connectivity index (χ1n) is 7.76. The van der Waals surface area contributed by atoms with E-state index >= 15 is 0 Å². The number of aliphatic carboxylic acids is 1. The molecule has 1 aromatic carbocycles. The summed E-state index contributed by atoms with van der Waals surface area (Å²) in [4.78, 5) is 16.2. The van der Waals surface area contributed by atoms with Gasteiger partial charge in [0.15, 0.2) is 0 Å². The summed E-state index contributed by atoms with van der Waals surface area (Å²) >= 11 is 1.47. The molecule has 0 spiro atoms. The van der Waals surface area contributed by atoms with E-state index in [9.17, 15) is 10.1 Å². The van der Waals surface area contributed by atoms with Gasteiger partial charge in [0.1, 0.15) is 16.8 Å². The number of thiazole rings is 1. The van der Waals surface area contributed by atoms with Gasteiger partial charge in [-0.2, -0.15) is 5.26 Å². The molecule has 2 rings (SSSR count). The zero-order valence-electron chi connectivity index (χ0n) is 14.0. The van der Waals surface area contributed by atoms with Crippen molar-refractivity contribution >= 4 is 17.3 Å². The Hall–Kier alpha value is -2.39. The summed E-state index contributed by atoms with van der Waals surface area (Å²) in [5, 5.41) is 19.0. The highest BCUT2D eigenvalue weighted by atomic mass is 32.1. The topological polar surface area (TPSA) is 83.2 Å². The van der Waals surface area contributed by atoms with E-state index in [1.54, 1.807) is 12.1 Å². The lowest BCUT2D eigenvalue weighted by Gasteiger charge is -2.10. The number of aromatic nitrogens is 1. The summed E-state index contributed by atoms with van der Waals surface area (Å²) in [5.74, 6) is 0.145. The number of rotatable bonds is 7. The van der Waals surface area contributed by atoms with Gasteiger partial charge < -0.3 is 9.84 Å². The predicted octanol–water partition coefficient (Wildman–Crippen LogP) is 4.04. The smallest absolute Gasteiger partial charge is 0.303 e. The van der Waals surface area contributed by atoms with Crippen molar-refractivity contribution in [2.24, 2.45) is 5.92 Å². The highest BCUT2D eigenvalue weighted by Crippen LogP contribution is 2.31. The molecular weight excluding hydrogens is 324 g/mol. The van der Waals surface area contributed by atoms with E-state index in [1.165, 1.54) is 11.3 Å². The van der Waals surface area contributed by atoms with Crippen molar-refractivity contribution in [3.05, 3.63) is 34.3 Å². The van der Waals surface area contributed by atoms with Gasteiger partial charge in [0.25, 0.3) is 0 Å². The molecule has 24 heavy (non-hydrogen) atoms. The molecule has 0 radical (unpaired) electrons. The van der Waals surface area contributed by atoms with E-state index in [4.69, 9.17) is 9.84 Å². The number of hydrogen-bond donors (Lipinski definition) is 1. The van der Waals surface area contributed by atoms with Crippen molar-refractivity contribution in [3.63, 3.8) is 0 Å². The maximum absolute atomic E-state index is 10.7. The van der Waals surface area contributed by atoms with Crippen molar-refractivity contribution < 1.29 is 14.6 Å². The van der Waals surface area contributed by atoms with Crippen LogP contribution in [0.1, 0.15) is 36.4 Å². The van der Waals surface area contributed by atoms with Crippen molar-refractivity contribution in [1.29, 1.82) is 5.26 Å². The van der Waals surface area contributed by atoms with Gasteiger partial charge in [0.05, 0.1) is 24.3 Å². The minimum absolute atomic E-state index is 0.0912. The number of ether oxygens (including phenoxy) is 1. The first-order valence-corrected chi connectivity index (χ1v) is 8.57. The van der Waals surface area contributed by atoms with Crippen LogP contribution < -0.4 is 4.74 Å². The summed E-state index contributed by atoms with van der Waals surface area (Å²) in [6.45, 7) is 6.54. The second-order valence-electron chi connectivity index (χ2n) is 5.95. The molecule has 6 heteroatoms. The van der Waals surface area contributed by atoms with Gasteiger partial charge in [-0.15, -0.1) is 11.3 Å². The van der Waals surface area contributed by atoms with E-state index in [0.717, 1.165) is 21.1 Å². The Kier molecular flexibility index (Phi) is 5.93. The van der Waals surface area contributed by atoms with E-state index in [1.807, 2.05) is 13.0 Å². The maximum Gasteiger partial charge on any atom is 0.303 e. The number of carbonyl (C=O) groups is 1. The molecule has 0 atom stereocenters. The third kappa shape index (κ3) is 4.56. The molecule has 0 aliphatic heterocycles. The molecule has 0 aliphatic carbocycles. The first kappa shape index (κ1) is 18.0. The second kappa shape index (κ2) is 7.93. The molecule has 0 fully saturated rings. The van der Waals surface area contributed by atoms with Gasteiger partial charge >= 0.3 is 5.97 Å². The third-order valence-corrected chi connectivity index (χ3v) is 4.64. The standard InChI is InChI=1S/C18H20N2O3S/c1-11(2)10-23-15-5-4-13(8-14(15)9-19)18-20-12(3)16(24-18)6-7-17(21)22/h4-5,8,11H,6-7,10H2,1-3H3,(H,21,22). The monoisotopic (exact) mass is 344 g/mol. The molecule has 1 aromatic heterocycles. The molecule has 0 saturated carbocycles. The normalized spacial score (nSPS) is 10.6. The van der Waals surface area contributed by atoms with E-state index in [0.29, 0.717) is 30.3 Å². The maximum atomic E-state index is 10.7. The van der Waals surface area contributed by atoms with Crippen LogP contribution in [0.4, 0.5) is 0 Å². The van der Waals surface area contributed by atoms with Crippen molar-refractivity contribution in [2.45, 2.75) is 33.6 Å². The fourth-order valence-corrected chi connectivity index (χ4v) is 3.19.